The Kier molecular flexibility index (Phi) is 8.07. The van der Waals surface area contributed by atoms with Crippen molar-refractivity contribution >= 4 is 11.9 Å². The van der Waals surface area contributed by atoms with Gasteiger partial charge in [0.25, 0.3) is 5.89 Å². The first-order chi connectivity index (χ1) is 16.5. The molecule has 0 amide bonds. The number of carbonyl (C=O) groups is 1. The molecule has 0 radical (unpaired) electrons. The molecule has 1 unspecified atom stereocenters. The number of benzene rings is 2. The van der Waals surface area contributed by atoms with Gasteiger partial charge < -0.3 is 9.42 Å². The van der Waals surface area contributed by atoms with Crippen LogP contribution >= 0.6 is 0 Å². The Labute approximate surface area is 202 Å². The molecule has 1 aliphatic rings. The van der Waals surface area contributed by atoms with Crippen LogP contribution in [0, 0.1) is 18.8 Å². The van der Waals surface area contributed by atoms with E-state index in [1.807, 2.05) is 31.2 Å². The number of nitrogens with zero attached hydrogens (tertiary/aromatic N) is 3. The average molecular weight is 458 g/mol. The fraction of sp³-hybridized carbons (Fsp3) is 0.414. The van der Waals surface area contributed by atoms with Crippen molar-refractivity contribution in [1.29, 1.82) is 0 Å². The molecule has 1 aromatic heterocycles. The number of hydrogen-bond donors (Lipinski definition) is 0. The molecule has 1 fully saturated rings. The lowest BCUT2D eigenvalue weighted by Crippen LogP contribution is -2.37. The van der Waals surface area contributed by atoms with E-state index in [4.69, 9.17) is 4.52 Å². The van der Waals surface area contributed by atoms with Gasteiger partial charge in [-0.2, -0.15) is 4.98 Å². The number of allylic oxidation sites excluding steroid dienone is 1. The SMILES string of the molecule is Cc1cccc(C(=O)c2noc(C=CC3CCC(C(CCc4ccccc4)N(C)C)CC3)n2)c1. The number of carbonyl (C=O) groups excluding carboxylic acids is 1. The van der Waals surface area contributed by atoms with Gasteiger partial charge in [-0.15, -0.1) is 0 Å². The Morgan fingerprint density at radius 2 is 1.85 bits per heavy atom. The minimum atomic E-state index is -0.210. The Morgan fingerprint density at radius 3 is 2.56 bits per heavy atom. The predicted octanol–water partition coefficient (Wildman–Crippen LogP) is 5.99. The maximum atomic E-state index is 12.6. The van der Waals surface area contributed by atoms with E-state index in [0.717, 1.165) is 17.9 Å². The van der Waals surface area contributed by atoms with Crippen LogP contribution in [-0.2, 0) is 6.42 Å². The zero-order valence-electron chi connectivity index (χ0n) is 20.5. The van der Waals surface area contributed by atoms with E-state index in [1.54, 1.807) is 6.07 Å². The zero-order chi connectivity index (χ0) is 23.9. The topological polar surface area (TPSA) is 59.2 Å². The minimum absolute atomic E-state index is 0.112. The summed E-state index contributed by atoms with van der Waals surface area (Å²) in [6.45, 7) is 1.96. The van der Waals surface area contributed by atoms with Crippen LogP contribution in [-0.4, -0.2) is 41.0 Å². The molecule has 0 saturated heterocycles. The van der Waals surface area contributed by atoms with Gasteiger partial charge in [0.2, 0.25) is 11.6 Å². The van der Waals surface area contributed by atoms with Crippen LogP contribution in [0.25, 0.3) is 6.08 Å². The molecule has 2 aromatic carbocycles. The highest BCUT2D eigenvalue weighted by molar-refractivity contribution is 6.06. The standard InChI is InChI=1S/C29H35N3O2/c1-21-8-7-11-25(20-21)28(33)29-30-27(34-31-29)19-15-23-12-16-24(17-13-23)26(32(2)3)18-14-22-9-5-4-6-10-22/h4-11,15,19-20,23-24,26H,12-14,16-18H2,1-3H3. The van der Waals surface area contributed by atoms with Crippen molar-refractivity contribution in [3.63, 3.8) is 0 Å². The summed E-state index contributed by atoms with van der Waals surface area (Å²) in [6.07, 6.45) is 11.2. The third-order valence-corrected chi connectivity index (χ3v) is 7.03. The molecule has 0 bridgehead atoms. The number of aromatic nitrogens is 2. The van der Waals surface area contributed by atoms with Crippen LogP contribution in [0.5, 0.6) is 0 Å². The first-order valence-corrected chi connectivity index (χ1v) is 12.3. The maximum Gasteiger partial charge on any atom is 0.250 e. The fourth-order valence-electron chi connectivity index (χ4n) is 5.13. The summed E-state index contributed by atoms with van der Waals surface area (Å²) in [5.41, 5.74) is 3.03. The van der Waals surface area contributed by atoms with Gasteiger partial charge in [0.15, 0.2) is 0 Å². The second kappa shape index (κ2) is 11.4. The molecule has 0 aliphatic heterocycles. The monoisotopic (exact) mass is 457 g/mol. The van der Waals surface area contributed by atoms with E-state index in [9.17, 15) is 4.79 Å². The molecule has 4 rings (SSSR count). The van der Waals surface area contributed by atoms with E-state index in [1.165, 1.54) is 37.7 Å². The van der Waals surface area contributed by atoms with Crippen LogP contribution in [0.4, 0.5) is 0 Å². The smallest absolute Gasteiger partial charge is 0.250 e. The van der Waals surface area contributed by atoms with Crippen molar-refractivity contribution in [1.82, 2.24) is 15.0 Å². The summed E-state index contributed by atoms with van der Waals surface area (Å²) in [7, 11) is 4.43. The molecule has 178 valence electrons. The third kappa shape index (κ3) is 6.29. The molecular weight excluding hydrogens is 422 g/mol. The number of ketones is 1. The van der Waals surface area contributed by atoms with Crippen LogP contribution in [0.2, 0.25) is 0 Å². The zero-order valence-corrected chi connectivity index (χ0v) is 20.5. The predicted molar refractivity (Wildman–Crippen MR) is 136 cm³/mol. The highest BCUT2D eigenvalue weighted by Crippen LogP contribution is 2.34. The molecular formula is C29H35N3O2. The summed E-state index contributed by atoms with van der Waals surface area (Å²) in [6, 6.07) is 18.8. The largest absolute Gasteiger partial charge is 0.334 e. The lowest BCUT2D eigenvalue weighted by atomic mass is 9.76. The first-order valence-electron chi connectivity index (χ1n) is 12.3. The second-order valence-corrected chi connectivity index (χ2v) is 9.74. The number of rotatable bonds is 9. The Hall–Kier alpha value is -3.05. The number of hydrogen-bond acceptors (Lipinski definition) is 5. The van der Waals surface area contributed by atoms with Gasteiger partial charge in [-0.1, -0.05) is 65.3 Å². The van der Waals surface area contributed by atoms with E-state index in [0.29, 0.717) is 23.4 Å². The molecule has 1 aliphatic carbocycles. The second-order valence-electron chi connectivity index (χ2n) is 9.74. The van der Waals surface area contributed by atoms with Crippen molar-refractivity contribution in [2.75, 3.05) is 14.1 Å². The normalized spacial score (nSPS) is 19.5. The fourth-order valence-corrected chi connectivity index (χ4v) is 5.13. The summed E-state index contributed by atoms with van der Waals surface area (Å²) >= 11 is 0. The van der Waals surface area contributed by atoms with Crippen LogP contribution in [0.3, 0.4) is 0 Å². The lowest BCUT2D eigenvalue weighted by molar-refractivity contribution is 0.102. The van der Waals surface area contributed by atoms with Crippen molar-refractivity contribution in [2.45, 2.75) is 51.5 Å². The van der Waals surface area contributed by atoms with E-state index >= 15 is 0 Å². The van der Waals surface area contributed by atoms with E-state index < -0.39 is 0 Å². The molecule has 1 saturated carbocycles. The van der Waals surface area contributed by atoms with Crippen LogP contribution in [0.15, 0.2) is 65.2 Å². The van der Waals surface area contributed by atoms with E-state index in [-0.39, 0.29) is 11.6 Å². The van der Waals surface area contributed by atoms with Gasteiger partial charge in [-0.3, -0.25) is 4.79 Å². The number of aryl methyl sites for hydroxylation is 2. The minimum Gasteiger partial charge on any atom is -0.334 e. The van der Waals surface area contributed by atoms with Gasteiger partial charge in [-0.05, 0) is 89.1 Å². The molecule has 3 aromatic rings. The molecule has 34 heavy (non-hydrogen) atoms. The van der Waals surface area contributed by atoms with Crippen molar-refractivity contribution < 1.29 is 9.32 Å². The van der Waals surface area contributed by atoms with Gasteiger partial charge >= 0.3 is 0 Å². The van der Waals surface area contributed by atoms with Crippen molar-refractivity contribution in [2.24, 2.45) is 11.8 Å². The third-order valence-electron chi connectivity index (χ3n) is 7.03. The highest BCUT2D eigenvalue weighted by Gasteiger charge is 2.28. The maximum absolute atomic E-state index is 12.6. The average Bonchev–Trinajstić information content (AvgIpc) is 3.33. The Morgan fingerprint density at radius 1 is 1.09 bits per heavy atom. The molecule has 0 spiro atoms. The van der Waals surface area contributed by atoms with Crippen molar-refractivity contribution in [3.05, 3.63) is 89.1 Å². The molecule has 0 N–H and O–H groups in total. The summed E-state index contributed by atoms with van der Waals surface area (Å²) in [4.78, 5) is 19.3. The highest BCUT2D eigenvalue weighted by atomic mass is 16.5. The van der Waals surface area contributed by atoms with Crippen LogP contribution < -0.4 is 0 Å². The van der Waals surface area contributed by atoms with E-state index in [2.05, 4.69) is 65.5 Å². The molecule has 1 heterocycles. The van der Waals surface area contributed by atoms with Crippen LogP contribution in [0.1, 0.15) is 65.3 Å². The van der Waals surface area contributed by atoms with Gasteiger partial charge in [-0.25, -0.2) is 0 Å². The molecule has 5 heteroatoms. The summed E-state index contributed by atoms with van der Waals surface area (Å²) in [5.74, 6) is 1.53. The lowest BCUT2D eigenvalue weighted by Gasteiger charge is -2.37. The van der Waals surface area contributed by atoms with Gasteiger partial charge in [0, 0.05) is 11.6 Å². The van der Waals surface area contributed by atoms with Gasteiger partial charge in [0.1, 0.15) is 0 Å². The quantitative estimate of drug-likeness (QED) is 0.369. The Balaban J connectivity index is 1.29. The summed E-state index contributed by atoms with van der Waals surface area (Å²) < 4.78 is 5.32. The first kappa shape index (κ1) is 24.1. The van der Waals surface area contributed by atoms with Crippen molar-refractivity contribution in [3.8, 4) is 0 Å². The molecule has 1 atom stereocenters. The molecule has 5 nitrogen and oxygen atoms in total. The Bertz CT molecular complexity index is 1100. The summed E-state index contributed by atoms with van der Waals surface area (Å²) in [5, 5.41) is 3.89. The van der Waals surface area contributed by atoms with Gasteiger partial charge in [0.05, 0.1) is 0 Å².